The highest BCUT2D eigenvalue weighted by atomic mass is 35.5. The van der Waals surface area contributed by atoms with Gasteiger partial charge in [0.15, 0.2) is 9.84 Å². The van der Waals surface area contributed by atoms with Gasteiger partial charge in [-0.15, -0.1) is 11.3 Å². The number of nitrogens with zero attached hydrogens (tertiary/aromatic N) is 2. The largest absolute Gasteiger partial charge is 0.366 e. The van der Waals surface area contributed by atoms with E-state index in [0.717, 1.165) is 21.5 Å². The van der Waals surface area contributed by atoms with Crippen molar-refractivity contribution < 1.29 is 8.42 Å². The zero-order chi connectivity index (χ0) is 14.3. The lowest BCUT2D eigenvalue weighted by Gasteiger charge is -2.23. The molecule has 2 aromatic rings. The first-order chi connectivity index (χ1) is 9.43. The van der Waals surface area contributed by atoms with E-state index in [9.17, 15) is 8.42 Å². The van der Waals surface area contributed by atoms with Crippen LogP contribution in [0.2, 0.25) is 5.28 Å². The average molecular weight is 332 g/mol. The molecule has 0 aromatic carbocycles. The normalized spacial score (nSPS) is 22.0. The highest BCUT2D eigenvalue weighted by Gasteiger charge is 2.25. The van der Waals surface area contributed by atoms with Gasteiger partial charge < -0.3 is 5.32 Å². The Balaban J connectivity index is 1.94. The number of anilines is 1. The molecule has 0 aliphatic carbocycles. The van der Waals surface area contributed by atoms with Crippen LogP contribution < -0.4 is 5.32 Å². The maximum Gasteiger partial charge on any atom is 0.225 e. The van der Waals surface area contributed by atoms with Crippen LogP contribution in [0.5, 0.6) is 0 Å². The van der Waals surface area contributed by atoms with Crippen LogP contribution in [-0.4, -0.2) is 35.9 Å². The molecule has 0 radical (unpaired) electrons. The van der Waals surface area contributed by atoms with E-state index in [-0.39, 0.29) is 22.8 Å². The number of rotatable bonds is 2. The summed E-state index contributed by atoms with van der Waals surface area (Å²) in [6.07, 6.45) is 1.51. The Labute approximate surface area is 126 Å². The fourth-order valence-electron chi connectivity index (χ4n) is 2.46. The summed E-state index contributed by atoms with van der Waals surface area (Å²) in [7, 11) is -2.95. The van der Waals surface area contributed by atoms with E-state index >= 15 is 0 Å². The van der Waals surface area contributed by atoms with Gasteiger partial charge in [0.05, 0.1) is 16.9 Å². The van der Waals surface area contributed by atoms with Gasteiger partial charge in [-0.2, -0.15) is 0 Å². The molecule has 3 heterocycles. The van der Waals surface area contributed by atoms with Crippen molar-refractivity contribution in [2.45, 2.75) is 25.8 Å². The van der Waals surface area contributed by atoms with Crippen LogP contribution in [-0.2, 0) is 9.84 Å². The van der Waals surface area contributed by atoms with Gasteiger partial charge in [-0.1, -0.05) is 0 Å². The standard InChI is InChI=1S/C12H14ClN3O2S2/c1-7-5-9-10(15-12(13)16-11(9)19-7)14-8-3-2-4-20(17,18)6-8/h5,8H,2-4,6H2,1H3,(H,14,15,16). The first-order valence-electron chi connectivity index (χ1n) is 6.33. The number of aryl methyl sites for hydroxylation is 1. The molecule has 1 N–H and O–H groups in total. The number of fused-ring (bicyclic) bond motifs is 1. The number of hydrogen-bond acceptors (Lipinski definition) is 6. The lowest BCUT2D eigenvalue weighted by molar-refractivity contribution is 0.561. The third-order valence-electron chi connectivity index (χ3n) is 3.29. The monoisotopic (exact) mass is 331 g/mol. The summed E-state index contributed by atoms with van der Waals surface area (Å²) >= 11 is 7.48. The molecule has 0 amide bonds. The Morgan fingerprint density at radius 1 is 1.45 bits per heavy atom. The lowest BCUT2D eigenvalue weighted by Crippen LogP contribution is -2.35. The highest BCUT2D eigenvalue weighted by molar-refractivity contribution is 7.91. The van der Waals surface area contributed by atoms with E-state index in [1.807, 2.05) is 13.0 Å². The second-order valence-electron chi connectivity index (χ2n) is 5.01. The summed E-state index contributed by atoms with van der Waals surface area (Å²) in [5.74, 6) is 1.06. The van der Waals surface area contributed by atoms with Gasteiger partial charge in [0.2, 0.25) is 5.28 Å². The molecule has 1 aliphatic rings. The molecule has 20 heavy (non-hydrogen) atoms. The van der Waals surface area contributed by atoms with Crippen molar-refractivity contribution in [1.82, 2.24) is 9.97 Å². The topological polar surface area (TPSA) is 72.0 Å². The third-order valence-corrected chi connectivity index (χ3v) is 6.23. The van der Waals surface area contributed by atoms with Gasteiger partial charge in [-0.25, -0.2) is 18.4 Å². The Hall–Kier alpha value is -0.920. The average Bonchev–Trinajstić information content (AvgIpc) is 2.68. The van der Waals surface area contributed by atoms with E-state index in [4.69, 9.17) is 11.6 Å². The Bertz CT molecular complexity index is 757. The summed E-state index contributed by atoms with van der Waals surface area (Å²) in [6, 6.07) is 1.89. The van der Waals surface area contributed by atoms with Crippen LogP contribution in [0.3, 0.4) is 0 Å². The van der Waals surface area contributed by atoms with Crippen LogP contribution in [0.1, 0.15) is 17.7 Å². The highest BCUT2D eigenvalue weighted by Crippen LogP contribution is 2.30. The van der Waals surface area contributed by atoms with Crippen LogP contribution >= 0.6 is 22.9 Å². The number of hydrogen-bond donors (Lipinski definition) is 1. The van der Waals surface area contributed by atoms with Crippen LogP contribution in [0.25, 0.3) is 10.2 Å². The molecule has 0 spiro atoms. The molecule has 3 rings (SSSR count). The maximum absolute atomic E-state index is 11.7. The molecular formula is C12H14ClN3O2S2. The van der Waals surface area contributed by atoms with Gasteiger partial charge in [0, 0.05) is 10.9 Å². The smallest absolute Gasteiger partial charge is 0.225 e. The molecule has 1 saturated heterocycles. The summed E-state index contributed by atoms with van der Waals surface area (Å²) in [5.41, 5.74) is 0. The van der Waals surface area contributed by atoms with Crippen molar-refractivity contribution in [2.75, 3.05) is 16.8 Å². The van der Waals surface area contributed by atoms with E-state index < -0.39 is 9.84 Å². The van der Waals surface area contributed by atoms with Crippen molar-refractivity contribution >= 4 is 48.8 Å². The van der Waals surface area contributed by atoms with Crippen molar-refractivity contribution in [3.8, 4) is 0 Å². The molecule has 1 atom stereocenters. The number of thiophene rings is 1. The van der Waals surface area contributed by atoms with Gasteiger partial charge >= 0.3 is 0 Å². The molecule has 5 nitrogen and oxygen atoms in total. The minimum absolute atomic E-state index is 0.108. The van der Waals surface area contributed by atoms with E-state index in [1.54, 1.807) is 11.3 Å². The van der Waals surface area contributed by atoms with E-state index in [0.29, 0.717) is 12.2 Å². The van der Waals surface area contributed by atoms with Gasteiger partial charge in [0.1, 0.15) is 10.6 Å². The minimum atomic E-state index is -2.95. The number of sulfone groups is 1. The molecule has 8 heteroatoms. The second-order valence-corrected chi connectivity index (χ2v) is 8.82. The molecular weight excluding hydrogens is 318 g/mol. The van der Waals surface area contributed by atoms with E-state index in [1.165, 1.54) is 0 Å². The summed E-state index contributed by atoms with van der Waals surface area (Å²) in [6.45, 7) is 2.00. The molecule has 0 bridgehead atoms. The Morgan fingerprint density at radius 2 is 2.25 bits per heavy atom. The molecule has 2 aromatic heterocycles. The minimum Gasteiger partial charge on any atom is -0.366 e. The number of nitrogens with one attached hydrogen (secondary N) is 1. The first kappa shape index (κ1) is 14.0. The SMILES string of the molecule is Cc1cc2c(NC3CCCS(=O)(=O)C3)nc(Cl)nc2s1. The summed E-state index contributed by atoms with van der Waals surface area (Å²) in [5, 5.41) is 4.31. The maximum atomic E-state index is 11.7. The zero-order valence-electron chi connectivity index (χ0n) is 10.9. The van der Waals surface area contributed by atoms with Gasteiger partial charge in [-0.05, 0) is 37.4 Å². The van der Waals surface area contributed by atoms with Crippen LogP contribution in [0, 0.1) is 6.92 Å². The molecule has 1 unspecified atom stereocenters. The molecule has 1 aliphatic heterocycles. The predicted molar refractivity (Wildman–Crippen MR) is 82.5 cm³/mol. The van der Waals surface area contributed by atoms with E-state index in [2.05, 4.69) is 15.3 Å². The van der Waals surface area contributed by atoms with Crippen molar-refractivity contribution in [2.24, 2.45) is 0 Å². The Kier molecular flexibility index (Phi) is 3.60. The van der Waals surface area contributed by atoms with Gasteiger partial charge in [-0.3, -0.25) is 0 Å². The Morgan fingerprint density at radius 3 is 3.00 bits per heavy atom. The van der Waals surface area contributed by atoms with Gasteiger partial charge in [0.25, 0.3) is 0 Å². The fourth-order valence-corrected chi connectivity index (χ4v) is 5.19. The summed E-state index contributed by atoms with van der Waals surface area (Å²) in [4.78, 5) is 10.3. The third kappa shape index (κ3) is 2.89. The quantitative estimate of drug-likeness (QED) is 0.856. The van der Waals surface area contributed by atoms with Crippen molar-refractivity contribution in [3.63, 3.8) is 0 Å². The van der Waals surface area contributed by atoms with Crippen LogP contribution in [0.4, 0.5) is 5.82 Å². The number of aromatic nitrogens is 2. The zero-order valence-corrected chi connectivity index (χ0v) is 13.3. The lowest BCUT2D eigenvalue weighted by atomic mass is 10.2. The fraction of sp³-hybridized carbons (Fsp3) is 0.500. The second kappa shape index (κ2) is 5.13. The van der Waals surface area contributed by atoms with Crippen LogP contribution in [0.15, 0.2) is 6.07 Å². The predicted octanol–water partition coefficient (Wildman–Crippen LogP) is 2.64. The number of halogens is 1. The molecule has 1 fully saturated rings. The van der Waals surface area contributed by atoms with Crippen molar-refractivity contribution in [1.29, 1.82) is 0 Å². The summed E-state index contributed by atoms with van der Waals surface area (Å²) < 4.78 is 23.4. The first-order valence-corrected chi connectivity index (χ1v) is 9.35. The molecule has 108 valence electrons. The van der Waals surface area contributed by atoms with Crippen molar-refractivity contribution in [3.05, 3.63) is 16.2 Å². The molecule has 0 saturated carbocycles.